The van der Waals surface area contributed by atoms with Crippen molar-refractivity contribution in [3.63, 3.8) is 0 Å². The highest BCUT2D eigenvalue weighted by atomic mass is 16.5. The lowest BCUT2D eigenvalue weighted by Gasteiger charge is -2.18. The molecule has 0 aromatic carbocycles. The quantitative estimate of drug-likeness (QED) is 0.0607. The van der Waals surface area contributed by atoms with Crippen LogP contribution >= 0.6 is 0 Å². The van der Waals surface area contributed by atoms with E-state index in [1.807, 2.05) is 0 Å². The van der Waals surface area contributed by atoms with Gasteiger partial charge in [0.2, 0.25) is 0 Å². The van der Waals surface area contributed by atoms with Gasteiger partial charge in [-0.25, -0.2) is 0 Å². The van der Waals surface area contributed by atoms with Gasteiger partial charge in [-0.1, -0.05) is 168 Å². The highest BCUT2D eigenvalue weighted by Gasteiger charge is 2.14. The number of carbonyl (C=O) groups excluding carboxylic acids is 1. The third kappa shape index (κ3) is 33.3. The number of aliphatic carboxylic acids is 1. The largest absolute Gasteiger partial charge is 0.481 e. The topological polar surface area (TPSA) is 63.6 Å². The number of esters is 1. The molecule has 244 valence electrons. The van der Waals surface area contributed by atoms with Crippen molar-refractivity contribution in [1.29, 1.82) is 0 Å². The van der Waals surface area contributed by atoms with E-state index in [2.05, 4.69) is 13.8 Å². The summed E-state index contributed by atoms with van der Waals surface area (Å²) in [4.78, 5) is 23.2. The number of unbranched alkanes of at least 4 members (excludes halogenated alkanes) is 25. The Morgan fingerprint density at radius 1 is 0.439 bits per heavy atom. The molecule has 0 heterocycles. The maximum absolute atomic E-state index is 12.6. The normalized spacial score (nSPS) is 12.0. The van der Waals surface area contributed by atoms with Crippen molar-refractivity contribution in [3.05, 3.63) is 0 Å². The second kappa shape index (κ2) is 33.4. The third-order valence-corrected chi connectivity index (χ3v) is 8.58. The van der Waals surface area contributed by atoms with E-state index in [-0.39, 0.29) is 12.1 Å². The molecular weight excluding hydrogens is 508 g/mol. The van der Waals surface area contributed by atoms with Gasteiger partial charge >= 0.3 is 11.9 Å². The molecule has 0 aromatic heterocycles. The first-order valence-electron chi connectivity index (χ1n) is 18.5. The SMILES string of the molecule is CCCCCCCCCCCCCCCCC(=O)OC(CCCCCCCCC)CCCCCCCCCC(=O)O. The predicted octanol–water partition coefficient (Wildman–Crippen LogP) is 12.5. The van der Waals surface area contributed by atoms with Gasteiger partial charge in [0.05, 0.1) is 0 Å². The van der Waals surface area contributed by atoms with Crippen LogP contribution in [0, 0.1) is 0 Å². The van der Waals surface area contributed by atoms with Gasteiger partial charge in [-0.3, -0.25) is 9.59 Å². The van der Waals surface area contributed by atoms with E-state index in [1.54, 1.807) is 0 Å². The first-order valence-corrected chi connectivity index (χ1v) is 18.5. The molecule has 0 aliphatic rings. The van der Waals surface area contributed by atoms with Gasteiger partial charge in [0.15, 0.2) is 0 Å². The number of carboxylic acids is 1. The second-order valence-electron chi connectivity index (χ2n) is 12.8. The van der Waals surface area contributed by atoms with Crippen molar-refractivity contribution >= 4 is 11.9 Å². The summed E-state index contributed by atoms with van der Waals surface area (Å²) in [5.74, 6) is -0.661. The van der Waals surface area contributed by atoms with Crippen molar-refractivity contribution in [3.8, 4) is 0 Å². The van der Waals surface area contributed by atoms with Crippen LogP contribution in [0.5, 0.6) is 0 Å². The molecule has 1 atom stereocenters. The molecule has 4 heteroatoms. The van der Waals surface area contributed by atoms with Gasteiger partial charge in [-0.05, 0) is 38.5 Å². The number of hydrogen-bond donors (Lipinski definition) is 1. The second-order valence-corrected chi connectivity index (χ2v) is 12.8. The van der Waals surface area contributed by atoms with E-state index in [1.165, 1.54) is 141 Å². The zero-order valence-electron chi connectivity index (χ0n) is 27.9. The Balaban J connectivity index is 3.94. The molecular formula is C37H72O4. The molecule has 0 saturated heterocycles. The van der Waals surface area contributed by atoms with Crippen LogP contribution in [0.15, 0.2) is 0 Å². The highest BCUT2D eigenvalue weighted by Crippen LogP contribution is 2.19. The zero-order valence-corrected chi connectivity index (χ0v) is 27.9. The van der Waals surface area contributed by atoms with Crippen LogP contribution in [0.25, 0.3) is 0 Å². The summed E-state index contributed by atoms with van der Waals surface area (Å²) in [6.07, 6.45) is 38.3. The Hall–Kier alpha value is -1.06. The van der Waals surface area contributed by atoms with Crippen LogP contribution in [-0.4, -0.2) is 23.1 Å². The maximum Gasteiger partial charge on any atom is 0.306 e. The lowest BCUT2D eigenvalue weighted by atomic mass is 10.0. The standard InChI is InChI=1S/C37H72O4/c1-3-5-7-9-11-12-13-14-15-16-17-22-26-30-34-37(40)41-35(31-27-23-19-10-8-6-4-2)32-28-24-20-18-21-25-29-33-36(38)39/h35H,3-34H2,1-2H3,(H,38,39). The molecule has 0 aliphatic heterocycles. The number of carbonyl (C=O) groups is 2. The molecule has 0 spiro atoms. The molecule has 1 N–H and O–H groups in total. The fourth-order valence-electron chi connectivity index (χ4n) is 5.83. The Morgan fingerprint density at radius 3 is 1.07 bits per heavy atom. The average Bonchev–Trinajstić information content (AvgIpc) is 2.95. The third-order valence-electron chi connectivity index (χ3n) is 8.58. The minimum Gasteiger partial charge on any atom is -0.481 e. The monoisotopic (exact) mass is 581 g/mol. The van der Waals surface area contributed by atoms with Crippen LogP contribution < -0.4 is 0 Å². The number of hydrogen-bond acceptors (Lipinski definition) is 3. The molecule has 4 nitrogen and oxygen atoms in total. The first kappa shape index (κ1) is 39.9. The molecule has 0 radical (unpaired) electrons. The molecule has 0 amide bonds. The van der Waals surface area contributed by atoms with Crippen molar-refractivity contribution in [2.45, 2.75) is 225 Å². The van der Waals surface area contributed by atoms with Gasteiger partial charge in [-0.15, -0.1) is 0 Å². The van der Waals surface area contributed by atoms with Crippen molar-refractivity contribution in [2.75, 3.05) is 0 Å². The van der Waals surface area contributed by atoms with Gasteiger partial charge in [0.1, 0.15) is 6.10 Å². The van der Waals surface area contributed by atoms with E-state index < -0.39 is 5.97 Å². The Morgan fingerprint density at radius 2 is 0.732 bits per heavy atom. The van der Waals surface area contributed by atoms with E-state index in [0.29, 0.717) is 12.8 Å². The highest BCUT2D eigenvalue weighted by molar-refractivity contribution is 5.69. The summed E-state index contributed by atoms with van der Waals surface area (Å²) in [6.45, 7) is 4.54. The minimum atomic E-state index is -0.684. The van der Waals surface area contributed by atoms with Crippen molar-refractivity contribution in [1.82, 2.24) is 0 Å². The molecule has 0 rings (SSSR count). The molecule has 41 heavy (non-hydrogen) atoms. The molecule has 1 unspecified atom stereocenters. The Kier molecular flexibility index (Phi) is 32.6. The molecule has 0 saturated carbocycles. The summed E-state index contributed by atoms with van der Waals surface area (Å²) >= 11 is 0. The fraction of sp³-hybridized carbons (Fsp3) is 0.946. The van der Waals surface area contributed by atoms with Crippen LogP contribution in [0.1, 0.15) is 219 Å². The summed E-state index contributed by atoms with van der Waals surface area (Å²) in [6, 6.07) is 0. The van der Waals surface area contributed by atoms with E-state index in [0.717, 1.165) is 51.4 Å². The van der Waals surface area contributed by atoms with Gasteiger partial charge in [0.25, 0.3) is 0 Å². The number of carboxylic acid groups (broad SMARTS) is 1. The summed E-state index contributed by atoms with van der Waals surface area (Å²) in [7, 11) is 0. The van der Waals surface area contributed by atoms with Crippen molar-refractivity contribution in [2.24, 2.45) is 0 Å². The van der Waals surface area contributed by atoms with E-state index in [9.17, 15) is 9.59 Å². The lowest BCUT2D eigenvalue weighted by molar-refractivity contribution is -0.150. The number of ether oxygens (including phenoxy) is 1. The van der Waals surface area contributed by atoms with Gasteiger partial charge < -0.3 is 9.84 Å². The van der Waals surface area contributed by atoms with Gasteiger partial charge in [-0.2, -0.15) is 0 Å². The molecule has 0 fully saturated rings. The van der Waals surface area contributed by atoms with Gasteiger partial charge in [0, 0.05) is 12.8 Å². The lowest BCUT2D eigenvalue weighted by Crippen LogP contribution is -2.18. The summed E-state index contributed by atoms with van der Waals surface area (Å²) in [5.41, 5.74) is 0. The smallest absolute Gasteiger partial charge is 0.306 e. The first-order chi connectivity index (χ1) is 20.1. The maximum atomic E-state index is 12.6. The minimum absolute atomic E-state index is 0.0234. The van der Waals surface area contributed by atoms with Crippen molar-refractivity contribution < 1.29 is 19.4 Å². The van der Waals surface area contributed by atoms with Crippen LogP contribution in [0.3, 0.4) is 0 Å². The molecule has 0 bridgehead atoms. The summed E-state index contributed by atoms with van der Waals surface area (Å²) in [5, 5.41) is 8.73. The van der Waals surface area contributed by atoms with E-state index >= 15 is 0 Å². The Bertz CT molecular complexity index is 547. The van der Waals surface area contributed by atoms with Crippen LogP contribution in [0.4, 0.5) is 0 Å². The van der Waals surface area contributed by atoms with E-state index in [4.69, 9.17) is 9.84 Å². The van der Waals surface area contributed by atoms with Crippen LogP contribution in [0.2, 0.25) is 0 Å². The number of rotatable bonds is 34. The van der Waals surface area contributed by atoms with Crippen LogP contribution in [-0.2, 0) is 14.3 Å². The average molecular weight is 581 g/mol. The fourth-order valence-corrected chi connectivity index (χ4v) is 5.83. The predicted molar refractivity (Wildman–Crippen MR) is 177 cm³/mol. The molecule has 0 aliphatic carbocycles. The Labute approximate surface area is 256 Å². The molecule has 0 aromatic rings. The summed E-state index contributed by atoms with van der Waals surface area (Å²) < 4.78 is 6.00. The zero-order chi connectivity index (χ0) is 30.1.